The van der Waals surface area contributed by atoms with Crippen LogP contribution in [-0.4, -0.2) is 18.7 Å². The molecule has 2 aliphatic rings. The van der Waals surface area contributed by atoms with Crippen molar-refractivity contribution in [2.45, 2.75) is 19.3 Å². The molecule has 4 heteroatoms. The Morgan fingerprint density at radius 1 is 0.719 bits per heavy atom. The minimum absolute atomic E-state index is 0.0608. The van der Waals surface area contributed by atoms with Gasteiger partial charge >= 0.3 is 0 Å². The van der Waals surface area contributed by atoms with Gasteiger partial charge in [0.05, 0.1) is 35.6 Å². The standard InChI is InChI=1S/C28H26N4/c1-28(2)22-13-7-9-15-24(22)32(25-16-10-8-14-23(25)28)21-17-26-27(29-18-21)31(19-30(26)3)20-11-5-4-6-12-20/h4-18H,19H2,1-3H3. The molecule has 32 heavy (non-hydrogen) atoms. The Labute approximate surface area is 189 Å². The van der Waals surface area contributed by atoms with Crippen LogP contribution in [0, 0.1) is 0 Å². The summed E-state index contributed by atoms with van der Waals surface area (Å²) in [7, 11) is 2.13. The van der Waals surface area contributed by atoms with Gasteiger partial charge in [-0.25, -0.2) is 4.98 Å². The fourth-order valence-corrected chi connectivity index (χ4v) is 5.16. The van der Waals surface area contributed by atoms with Gasteiger partial charge in [0.15, 0.2) is 5.82 Å². The summed E-state index contributed by atoms with van der Waals surface area (Å²) < 4.78 is 0. The lowest BCUT2D eigenvalue weighted by atomic mass is 9.73. The van der Waals surface area contributed by atoms with Crippen molar-refractivity contribution in [3.8, 4) is 0 Å². The van der Waals surface area contributed by atoms with Crippen molar-refractivity contribution >= 4 is 34.3 Å². The maximum absolute atomic E-state index is 4.97. The van der Waals surface area contributed by atoms with Crippen LogP contribution in [0.3, 0.4) is 0 Å². The molecule has 6 rings (SSSR count). The number of nitrogens with zero attached hydrogens (tertiary/aromatic N) is 4. The van der Waals surface area contributed by atoms with E-state index >= 15 is 0 Å². The lowest BCUT2D eigenvalue weighted by Gasteiger charge is -2.41. The normalized spacial score (nSPS) is 15.9. The van der Waals surface area contributed by atoms with E-state index in [2.05, 4.69) is 114 Å². The van der Waals surface area contributed by atoms with E-state index in [-0.39, 0.29) is 5.41 Å². The Balaban J connectivity index is 1.51. The number of pyridine rings is 1. The van der Waals surface area contributed by atoms with Crippen molar-refractivity contribution in [3.63, 3.8) is 0 Å². The molecule has 0 unspecified atom stereocenters. The summed E-state index contributed by atoms with van der Waals surface area (Å²) in [5.74, 6) is 1.00. The van der Waals surface area contributed by atoms with E-state index in [0.717, 1.165) is 29.5 Å². The van der Waals surface area contributed by atoms with Gasteiger partial charge in [-0.2, -0.15) is 0 Å². The average Bonchev–Trinajstić information content (AvgIpc) is 3.16. The SMILES string of the molecule is CN1CN(c2ccccc2)c2ncc(N3c4ccccc4C(C)(C)c4ccccc43)cc21. The van der Waals surface area contributed by atoms with Crippen LogP contribution in [0.25, 0.3) is 0 Å². The molecule has 0 amide bonds. The number of hydrogen-bond donors (Lipinski definition) is 0. The molecule has 0 aliphatic carbocycles. The number of aromatic nitrogens is 1. The zero-order valence-electron chi connectivity index (χ0n) is 18.7. The smallest absolute Gasteiger partial charge is 0.158 e. The molecule has 3 heterocycles. The minimum Gasteiger partial charge on any atom is -0.353 e. The Bertz CT molecular complexity index is 1260. The van der Waals surface area contributed by atoms with Gasteiger partial charge in [-0.3, -0.25) is 0 Å². The van der Waals surface area contributed by atoms with Gasteiger partial charge in [-0.15, -0.1) is 0 Å². The third kappa shape index (κ3) is 2.65. The molecule has 0 saturated carbocycles. The van der Waals surface area contributed by atoms with Gasteiger partial charge in [0.25, 0.3) is 0 Å². The summed E-state index contributed by atoms with van der Waals surface area (Å²) in [6.07, 6.45) is 2.01. The Morgan fingerprint density at radius 3 is 1.97 bits per heavy atom. The van der Waals surface area contributed by atoms with Gasteiger partial charge in [-0.05, 0) is 41.5 Å². The molecule has 0 radical (unpaired) electrons. The maximum Gasteiger partial charge on any atom is 0.158 e. The number of anilines is 6. The highest BCUT2D eigenvalue weighted by Gasteiger charge is 2.37. The van der Waals surface area contributed by atoms with Crippen molar-refractivity contribution in [2.24, 2.45) is 0 Å². The van der Waals surface area contributed by atoms with Crippen molar-refractivity contribution in [1.29, 1.82) is 0 Å². The topological polar surface area (TPSA) is 22.6 Å². The first-order chi connectivity index (χ1) is 15.6. The average molecular weight is 419 g/mol. The zero-order valence-corrected chi connectivity index (χ0v) is 18.7. The van der Waals surface area contributed by atoms with E-state index in [1.165, 1.54) is 22.5 Å². The highest BCUT2D eigenvalue weighted by Crippen LogP contribution is 2.52. The Hall–Kier alpha value is -3.79. The van der Waals surface area contributed by atoms with E-state index in [4.69, 9.17) is 4.98 Å². The number of benzene rings is 3. The summed E-state index contributed by atoms with van der Waals surface area (Å²) in [4.78, 5) is 11.9. The fourth-order valence-electron chi connectivity index (χ4n) is 5.16. The molecule has 4 nitrogen and oxygen atoms in total. The fraction of sp³-hybridized carbons (Fsp3) is 0.179. The zero-order chi connectivity index (χ0) is 21.9. The van der Waals surface area contributed by atoms with Crippen LogP contribution >= 0.6 is 0 Å². The molecule has 0 fully saturated rings. The Kier molecular flexibility index (Phi) is 4.06. The molecule has 0 bridgehead atoms. The largest absolute Gasteiger partial charge is 0.353 e. The van der Waals surface area contributed by atoms with Crippen molar-refractivity contribution in [2.75, 3.05) is 28.4 Å². The first kappa shape index (κ1) is 18.9. The molecule has 158 valence electrons. The lowest BCUT2D eigenvalue weighted by molar-refractivity contribution is 0.632. The third-order valence-electron chi connectivity index (χ3n) is 6.82. The van der Waals surface area contributed by atoms with Gasteiger partial charge in [0.2, 0.25) is 0 Å². The van der Waals surface area contributed by atoms with Crippen LogP contribution in [-0.2, 0) is 5.41 Å². The van der Waals surface area contributed by atoms with Gasteiger partial charge in [0.1, 0.15) is 0 Å². The van der Waals surface area contributed by atoms with E-state index in [0.29, 0.717) is 0 Å². The molecule has 2 aliphatic heterocycles. The number of para-hydroxylation sites is 3. The quantitative estimate of drug-likeness (QED) is 0.360. The van der Waals surface area contributed by atoms with Crippen LogP contribution in [0.2, 0.25) is 0 Å². The third-order valence-corrected chi connectivity index (χ3v) is 6.82. The molecule has 0 spiro atoms. The second kappa shape index (κ2) is 6.86. The van der Waals surface area contributed by atoms with E-state index in [1.54, 1.807) is 0 Å². The summed E-state index contributed by atoms with van der Waals surface area (Å²) in [5, 5.41) is 0. The van der Waals surface area contributed by atoms with Crippen LogP contribution in [0.5, 0.6) is 0 Å². The van der Waals surface area contributed by atoms with Gasteiger partial charge in [-0.1, -0.05) is 68.4 Å². The van der Waals surface area contributed by atoms with Crippen LogP contribution in [0.4, 0.5) is 34.3 Å². The molecule has 4 aromatic rings. The number of hydrogen-bond acceptors (Lipinski definition) is 4. The summed E-state index contributed by atoms with van der Waals surface area (Å²) >= 11 is 0. The summed E-state index contributed by atoms with van der Waals surface area (Å²) in [5.41, 5.74) is 8.43. The monoisotopic (exact) mass is 418 g/mol. The first-order valence-corrected chi connectivity index (χ1v) is 11.1. The first-order valence-electron chi connectivity index (χ1n) is 11.1. The molecule has 0 saturated heterocycles. The Morgan fingerprint density at radius 2 is 1.31 bits per heavy atom. The van der Waals surface area contributed by atoms with Crippen LogP contribution < -0.4 is 14.7 Å². The van der Waals surface area contributed by atoms with Crippen LogP contribution in [0.15, 0.2) is 91.1 Å². The van der Waals surface area contributed by atoms with Crippen molar-refractivity contribution < 1.29 is 0 Å². The van der Waals surface area contributed by atoms with Crippen molar-refractivity contribution in [3.05, 3.63) is 102 Å². The van der Waals surface area contributed by atoms with E-state index < -0.39 is 0 Å². The van der Waals surface area contributed by atoms with Crippen molar-refractivity contribution in [1.82, 2.24) is 4.98 Å². The number of fused-ring (bicyclic) bond motifs is 3. The second-order valence-electron chi connectivity index (χ2n) is 9.13. The summed E-state index contributed by atoms with van der Waals surface area (Å²) in [6, 6.07) is 30.2. The predicted octanol–water partition coefficient (Wildman–Crippen LogP) is 6.74. The lowest BCUT2D eigenvalue weighted by Crippen LogP contribution is -2.30. The maximum atomic E-state index is 4.97. The predicted molar refractivity (Wildman–Crippen MR) is 133 cm³/mol. The molecule has 0 atom stereocenters. The second-order valence-corrected chi connectivity index (χ2v) is 9.13. The molecular formula is C28H26N4. The number of rotatable bonds is 2. The van der Waals surface area contributed by atoms with Gasteiger partial charge in [0, 0.05) is 18.2 Å². The highest BCUT2D eigenvalue weighted by atomic mass is 15.4. The minimum atomic E-state index is -0.0608. The molecular weight excluding hydrogens is 392 g/mol. The molecule has 0 N–H and O–H groups in total. The molecule has 1 aromatic heterocycles. The highest BCUT2D eigenvalue weighted by molar-refractivity contribution is 5.89. The summed E-state index contributed by atoms with van der Waals surface area (Å²) in [6.45, 7) is 5.42. The van der Waals surface area contributed by atoms with Gasteiger partial charge < -0.3 is 14.7 Å². The molecule has 3 aromatic carbocycles. The van der Waals surface area contributed by atoms with E-state index in [9.17, 15) is 0 Å². The van der Waals surface area contributed by atoms with E-state index in [1.807, 2.05) is 12.3 Å². The van der Waals surface area contributed by atoms with Crippen LogP contribution in [0.1, 0.15) is 25.0 Å².